The van der Waals surface area contributed by atoms with Gasteiger partial charge in [0.05, 0.1) is 0 Å². The van der Waals surface area contributed by atoms with Crippen LogP contribution in [0.1, 0.15) is 61.9 Å². The monoisotopic (exact) mass is 343 g/mol. The molecule has 0 radical (unpaired) electrons. The van der Waals surface area contributed by atoms with Crippen LogP contribution in [0.15, 0.2) is 4.79 Å². The average molecular weight is 343 g/mol. The van der Waals surface area contributed by atoms with Crippen molar-refractivity contribution in [3.63, 3.8) is 0 Å². The largest absolute Gasteiger partial charge is 0.342 e. The number of hydrogen-bond donors (Lipinski definition) is 1. The van der Waals surface area contributed by atoms with E-state index in [0.29, 0.717) is 36.3 Å². The number of nitrogens with zero attached hydrogens (tertiary/aromatic N) is 2. The van der Waals surface area contributed by atoms with E-state index < -0.39 is 0 Å². The van der Waals surface area contributed by atoms with E-state index in [1.165, 1.54) is 19.3 Å². The fourth-order valence-corrected chi connectivity index (χ4v) is 4.42. The second-order valence-corrected chi connectivity index (χ2v) is 7.55. The second kappa shape index (κ2) is 7.86. The standard InChI is InChI=1S/C20H29N3O2/c1-12-7-6-8-13(2)19(12)23(5)18(24)10-9-16-14(3)17(11-21)20(25)22-15(16)4/h12-13,19H,6-10H2,1-5H3,(H,22,25)/t12-,13-/m1/s1. The molecule has 5 nitrogen and oxygen atoms in total. The zero-order chi connectivity index (χ0) is 18.7. The molecule has 1 aliphatic carbocycles. The lowest BCUT2D eigenvalue weighted by atomic mass is 9.78. The van der Waals surface area contributed by atoms with E-state index in [1.807, 2.05) is 24.9 Å². The topological polar surface area (TPSA) is 77.0 Å². The third kappa shape index (κ3) is 3.95. The number of carbonyl (C=O) groups is 1. The number of nitriles is 1. The molecule has 1 aliphatic rings. The van der Waals surface area contributed by atoms with Crippen LogP contribution in [0.2, 0.25) is 0 Å². The van der Waals surface area contributed by atoms with E-state index in [0.717, 1.165) is 11.3 Å². The van der Waals surface area contributed by atoms with Crippen LogP contribution >= 0.6 is 0 Å². The summed E-state index contributed by atoms with van der Waals surface area (Å²) in [5.41, 5.74) is 2.14. The number of aryl methyl sites for hydroxylation is 1. The molecule has 5 heteroatoms. The van der Waals surface area contributed by atoms with Crippen molar-refractivity contribution < 1.29 is 4.79 Å². The quantitative estimate of drug-likeness (QED) is 0.912. The van der Waals surface area contributed by atoms with Crippen LogP contribution in [0, 0.1) is 37.0 Å². The Morgan fingerprint density at radius 2 is 1.88 bits per heavy atom. The molecule has 2 atom stereocenters. The molecule has 1 heterocycles. The number of amides is 1. The van der Waals surface area contributed by atoms with Gasteiger partial charge in [-0.05, 0) is 56.1 Å². The lowest BCUT2D eigenvalue weighted by molar-refractivity contribution is -0.134. The predicted octanol–water partition coefficient (Wildman–Crippen LogP) is 3.08. The Morgan fingerprint density at radius 3 is 2.44 bits per heavy atom. The number of hydrogen-bond acceptors (Lipinski definition) is 3. The first kappa shape index (κ1) is 19.2. The van der Waals surface area contributed by atoms with Gasteiger partial charge in [-0.2, -0.15) is 5.26 Å². The molecule has 1 fully saturated rings. The van der Waals surface area contributed by atoms with Crippen molar-refractivity contribution in [2.75, 3.05) is 7.05 Å². The lowest BCUT2D eigenvalue weighted by Crippen LogP contribution is -2.47. The summed E-state index contributed by atoms with van der Waals surface area (Å²) in [5.74, 6) is 1.19. The zero-order valence-corrected chi connectivity index (χ0v) is 16.0. The highest BCUT2D eigenvalue weighted by Crippen LogP contribution is 2.32. The summed E-state index contributed by atoms with van der Waals surface area (Å²) in [6.07, 6.45) is 4.53. The van der Waals surface area contributed by atoms with Gasteiger partial charge in [0.15, 0.2) is 0 Å². The minimum atomic E-state index is -0.352. The van der Waals surface area contributed by atoms with Crippen LogP contribution in [-0.4, -0.2) is 28.9 Å². The maximum absolute atomic E-state index is 12.7. The van der Waals surface area contributed by atoms with Gasteiger partial charge in [-0.15, -0.1) is 0 Å². The Hall–Kier alpha value is -2.09. The highest BCUT2D eigenvalue weighted by Gasteiger charge is 2.32. The molecule has 0 unspecified atom stereocenters. The van der Waals surface area contributed by atoms with Gasteiger partial charge in [0.25, 0.3) is 5.56 Å². The van der Waals surface area contributed by atoms with Gasteiger partial charge in [-0.1, -0.05) is 20.3 Å². The Bertz CT molecular complexity index is 735. The number of nitrogens with one attached hydrogen (secondary N) is 1. The molecule has 25 heavy (non-hydrogen) atoms. The Labute approximate surface area is 150 Å². The molecule has 136 valence electrons. The molecular formula is C20H29N3O2. The maximum Gasteiger partial charge on any atom is 0.266 e. The van der Waals surface area contributed by atoms with Gasteiger partial charge >= 0.3 is 0 Å². The summed E-state index contributed by atoms with van der Waals surface area (Å²) in [6.45, 7) is 8.08. The first-order valence-electron chi connectivity index (χ1n) is 9.16. The van der Waals surface area contributed by atoms with Crippen molar-refractivity contribution in [3.05, 3.63) is 32.7 Å². The van der Waals surface area contributed by atoms with Gasteiger partial charge in [0, 0.05) is 25.2 Å². The molecule has 0 aliphatic heterocycles. The van der Waals surface area contributed by atoms with E-state index in [9.17, 15) is 9.59 Å². The lowest BCUT2D eigenvalue weighted by Gasteiger charge is -2.41. The number of rotatable bonds is 4. The van der Waals surface area contributed by atoms with Crippen molar-refractivity contribution in [1.82, 2.24) is 9.88 Å². The molecule has 0 spiro atoms. The summed E-state index contributed by atoms with van der Waals surface area (Å²) in [4.78, 5) is 29.2. The fourth-order valence-electron chi connectivity index (χ4n) is 4.42. The number of aromatic nitrogens is 1. The van der Waals surface area contributed by atoms with Gasteiger partial charge < -0.3 is 9.88 Å². The van der Waals surface area contributed by atoms with Crippen LogP contribution < -0.4 is 5.56 Å². The van der Waals surface area contributed by atoms with Crippen molar-refractivity contribution in [3.8, 4) is 6.07 Å². The van der Waals surface area contributed by atoms with Crippen molar-refractivity contribution >= 4 is 5.91 Å². The molecule has 1 aromatic heterocycles. The maximum atomic E-state index is 12.7. The van der Waals surface area contributed by atoms with Crippen molar-refractivity contribution in [2.45, 2.75) is 65.8 Å². The third-order valence-corrected chi connectivity index (χ3v) is 5.83. The summed E-state index contributed by atoms with van der Waals surface area (Å²) < 4.78 is 0. The molecule has 1 saturated carbocycles. The van der Waals surface area contributed by atoms with Gasteiger partial charge in [-0.25, -0.2) is 0 Å². The normalized spacial score (nSPS) is 21.0. The highest BCUT2D eigenvalue weighted by atomic mass is 16.2. The van der Waals surface area contributed by atoms with Crippen LogP contribution in [0.25, 0.3) is 0 Å². The predicted molar refractivity (Wildman–Crippen MR) is 98.3 cm³/mol. The van der Waals surface area contributed by atoms with Gasteiger partial charge in [0.2, 0.25) is 5.91 Å². The smallest absolute Gasteiger partial charge is 0.266 e. The Morgan fingerprint density at radius 1 is 1.28 bits per heavy atom. The van der Waals surface area contributed by atoms with E-state index in [1.54, 1.807) is 6.92 Å². The molecule has 1 aromatic rings. The molecule has 0 bridgehead atoms. The molecule has 0 aromatic carbocycles. The van der Waals surface area contributed by atoms with Crippen LogP contribution in [0.5, 0.6) is 0 Å². The molecule has 1 amide bonds. The summed E-state index contributed by atoms with van der Waals surface area (Å²) in [5, 5.41) is 9.16. The van der Waals surface area contributed by atoms with E-state index in [-0.39, 0.29) is 17.0 Å². The number of aromatic amines is 1. The molecule has 2 rings (SSSR count). The number of carbonyl (C=O) groups excluding carboxylic acids is 1. The first-order chi connectivity index (χ1) is 11.8. The number of H-pyrrole nitrogens is 1. The minimum absolute atomic E-state index is 0.133. The summed E-state index contributed by atoms with van der Waals surface area (Å²) >= 11 is 0. The minimum Gasteiger partial charge on any atom is -0.342 e. The second-order valence-electron chi connectivity index (χ2n) is 7.55. The molecule has 1 N–H and O–H groups in total. The number of pyridine rings is 1. The zero-order valence-electron chi connectivity index (χ0n) is 16.0. The SMILES string of the molecule is Cc1[nH]c(=O)c(C#N)c(C)c1CCC(=O)N(C)C1[C@H](C)CCC[C@H]1C. The van der Waals surface area contributed by atoms with Gasteiger partial charge in [-0.3, -0.25) is 9.59 Å². The van der Waals surface area contributed by atoms with Crippen LogP contribution in [-0.2, 0) is 11.2 Å². The Kier molecular flexibility index (Phi) is 6.05. The molecule has 0 saturated heterocycles. The fraction of sp³-hybridized carbons (Fsp3) is 0.650. The average Bonchev–Trinajstić information content (AvgIpc) is 2.54. The van der Waals surface area contributed by atoms with Crippen LogP contribution in [0.3, 0.4) is 0 Å². The van der Waals surface area contributed by atoms with E-state index in [4.69, 9.17) is 5.26 Å². The summed E-state index contributed by atoms with van der Waals surface area (Å²) in [6, 6.07) is 2.27. The molecular weight excluding hydrogens is 314 g/mol. The third-order valence-electron chi connectivity index (χ3n) is 5.83. The van der Waals surface area contributed by atoms with Crippen LogP contribution in [0.4, 0.5) is 0 Å². The van der Waals surface area contributed by atoms with Crippen molar-refractivity contribution in [2.24, 2.45) is 11.8 Å². The van der Waals surface area contributed by atoms with Crippen molar-refractivity contribution in [1.29, 1.82) is 5.26 Å². The van der Waals surface area contributed by atoms with E-state index in [2.05, 4.69) is 18.8 Å². The van der Waals surface area contributed by atoms with E-state index >= 15 is 0 Å². The Balaban J connectivity index is 2.12. The van der Waals surface area contributed by atoms with Gasteiger partial charge in [0.1, 0.15) is 11.6 Å². The first-order valence-corrected chi connectivity index (χ1v) is 9.16. The summed E-state index contributed by atoms with van der Waals surface area (Å²) in [7, 11) is 1.92. The highest BCUT2D eigenvalue weighted by molar-refractivity contribution is 5.76.